The average molecular weight is 226 g/mol. The number of nitrogens with two attached hydrogens (primary N) is 1. The summed E-state index contributed by atoms with van der Waals surface area (Å²) in [5, 5.41) is 3.19. The lowest BCUT2D eigenvalue weighted by Gasteiger charge is -2.43. The number of benzene rings is 1. The summed E-state index contributed by atoms with van der Waals surface area (Å²) in [5.41, 5.74) is 5.94. The molecule has 3 N–H and O–H groups in total. The molecule has 4 heteroatoms. The molecule has 1 fully saturated rings. The summed E-state index contributed by atoms with van der Waals surface area (Å²) >= 11 is 0. The predicted molar refractivity (Wildman–Crippen MR) is 61.3 cm³/mol. The number of nitrogen functional groups attached to an aromatic ring is 1. The standard InChI is InChI=1S/C12H16F2N2/c1-2-12(4-3-5-12)16-10-7-8(13)6-9(14)11(10)15/h6-7,16H,2-5,15H2,1H3. The number of rotatable bonds is 3. The van der Waals surface area contributed by atoms with Gasteiger partial charge in [-0.15, -0.1) is 0 Å². The van der Waals surface area contributed by atoms with E-state index in [4.69, 9.17) is 5.73 Å². The van der Waals surface area contributed by atoms with Crippen molar-refractivity contribution in [2.75, 3.05) is 11.1 Å². The number of nitrogens with one attached hydrogen (secondary N) is 1. The molecule has 0 atom stereocenters. The zero-order valence-corrected chi connectivity index (χ0v) is 9.32. The van der Waals surface area contributed by atoms with Gasteiger partial charge in [-0.2, -0.15) is 0 Å². The molecule has 1 aromatic rings. The summed E-state index contributed by atoms with van der Waals surface area (Å²) in [6.45, 7) is 2.07. The van der Waals surface area contributed by atoms with Crippen LogP contribution in [0.2, 0.25) is 0 Å². The van der Waals surface area contributed by atoms with Crippen molar-refractivity contribution in [2.24, 2.45) is 0 Å². The van der Waals surface area contributed by atoms with Gasteiger partial charge in [-0.05, 0) is 31.7 Å². The second kappa shape index (κ2) is 3.92. The molecule has 0 bridgehead atoms. The summed E-state index contributed by atoms with van der Waals surface area (Å²) in [6.07, 6.45) is 4.14. The largest absolute Gasteiger partial charge is 0.395 e. The van der Waals surface area contributed by atoms with Crippen molar-refractivity contribution in [3.63, 3.8) is 0 Å². The molecular weight excluding hydrogens is 210 g/mol. The molecule has 0 amide bonds. The summed E-state index contributed by atoms with van der Waals surface area (Å²) in [6, 6.07) is 2.06. The summed E-state index contributed by atoms with van der Waals surface area (Å²) in [4.78, 5) is 0. The van der Waals surface area contributed by atoms with Gasteiger partial charge in [-0.1, -0.05) is 6.92 Å². The van der Waals surface area contributed by atoms with Gasteiger partial charge in [-0.3, -0.25) is 0 Å². The highest BCUT2D eigenvalue weighted by atomic mass is 19.1. The Kier molecular flexibility index (Phi) is 2.74. The lowest BCUT2D eigenvalue weighted by molar-refractivity contribution is 0.269. The maximum Gasteiger partial charge on any atom is 0.151 e. The van der Waals surface area contributed by atoms with E-state index < -0.39 is 11.6 Å². The molecule has 0 heterocycles. The van der Waals surface area contributed by atoms with Crippen LogP contribution < -0.4 is 11.1 Å². The molecule has 2 rings (SSSR count). The van der Waals surface area contributed by atoms with Gasteiger partial charge >= 0.3 is 0 Å². The fourth-order valence-corrected chi connectivity index (χ4v) is 2.14. The fraction of sp³-hybridized carbons (Fsp3) is 0.500. The van der Waals surface area contributed by atoms with Gasteiger partial charge in [0.1, 0.15) is 5.82 Å². The Hall–Kier alpha value is -1.32. The van der Waals surface area contributed by atoms with E-state index in [0.717, 1.165) is 31.7 Å². The molecule has 0 unspecified atom stereocenters. The van der Waals surface area contributed by atoms with Gasteiger partial charge in [0, 0.05) is 11.6 Å². The van der Waals surface area contributed by atoms with Crippen LogP contribution in [0.15, 0.2) is 12.1 Å². The van der Waals surface area contributed by atoms with Gasteiger partial charge < -0.3 is 11.1 Å². The maximum atomic E-state index is 13.2. The molecule has 0 aromatic heterocycles. The fourth-order valence-electron chi connectivity index (χ4n) is 2.14. The molecule has 0 saturated heterocycles. The van der Waals surface area contributed by atoms with Crippen molar-refractivity contribution in [2.45, 2.75) is 38.1 Å². The second-order valence-electron chi connectivity index (χ2n) is 4.46. The Morgan fingerprint density at radius 3 is 2.56 bits per heavy atom. The first kappa shape index (κ1) is 11.2. The van der Waals surface area contributed by atoms with Crippen molar-refractivity contribution < 1.29 is 8.78 Å². The van der Waals surface area contributed by atoms with Gasteiger partial charge in [0.05, 0.1) is 11.4 Å². The van der Waals surface area contributed by atoms with Crippen LogP contribution in [0.1, 0.15) is 32.6 Å². The Morgan fingerprint density at radius 2 is 2.06 bits per heavy atom. The Labute approximate surface area is 93.8 Å². The number of hydrogen-bond donors (Lipinski definition) is 2. The van der Waals surface area contributed by atoms with Gasteiger partial charge in [0.15, 0.2) is 5.82 Å². The van der Waals surface area contributed by atoms with Crippen molar-refractivity contribution >= 4 is 11.4 Å². The Morgan fingerprint density at radius 1 is 1.38 bits per heavy atom. The average Bonchev–Trinajstić information content (AvgIpc) is 2.18. The Bertz CT molecular complexity index is 395. The van der Waals surface area contributed by atoms with Crippen molar-refractivity contribution in [3.05, 3.63) is 23.8 Å². The molecule has 1 aromatic carbocycles. The van der Waals surface area contributed by atoms with Crippen LogP contribution in [0.3, 0.4) is 0 Å². The van der Waals surface area contributed by atoms with Crippen LogP contribution in [0.5, 0.6) is 0 Å². The van der Waals surface area contributed by atoms with Gasteiger partial charge in [0.25, 0.3) is 0 Å². The summed E-state index contributed by atoms with van der Waals surface area (Å²) in [7, 11) is 0. The molecule has 16 heavy (non-hydrogen) atoms. The highest BCUT2D eigenvalue weighted by Gasteiger charge is 2.35. The predicted octanol–water partition coefficient (Wildman–Crippen LogP) is 3.29. The third kappa shape index (κ3) is 1.84. The second-order valence-corrected chi connectivity index (χ2v) is 4.46. The number of hydrogen-bond acceptors (Lipinski definition) is 2. The van der Waals surface area contributed by atoms with E-state index in [2.05, 4.69) is 12.2 Å². The Balaban J connectivity index is 2.27. The highest BCUT2D eigenvalue weighted by molar-refractivity contribution is 5.67. The number of anilines is 2. The smallest absolute Gasteiger partial charge is 0.151 e. The SMILES string of the molecule is CCC1(Nc2cc(F)cc(F)c2N)CCC1. The summed E-state index contributed by atoms with van der Waals surface area (Å²) < 4.78 is 26.3. The van der Waals surface area contributed by atoms with E-state index >= 15 is 0 Å². The molecule has 1 saturated carbocycles. The van der Waals surface area contributed by atoms with Gasteiger partial charge in [-0.25, -0.2) is 8.78 Å². The van der Waals surface area contributed by atoms with E-state index in [-0.39, 0.29) is 11.2 Å². The molecule has 0 aliphatic heterocycles. The first-order chi connectivity index (χ1) is 7.56. The van der Waals surface area contributed by atoms with Gasteiger partial charge in [0.2, 0.25) is 0 Å². The minimum Gasteiger partial charge on any atom is -0.395 e. The zero-order valence-electron chi connectivity index (χ0n) is 9.32. The molecule has 88 valence electrons. The molecule has 0 spiro atoms. The minimum absolute atomic E-state index is 0.00104. The van der Waals surface area contributed by atoms with E-state index in [0.29, 0.717) is 5.69 Å². The van der Waals surface area contributed by atoms with Crippen LogP contribution in [0, 0.1) is 11.6 Å². The van der Waals surface area contributed by atoms with Crippen molar-refractivity contribution in [1.29, 1.82) is 0 Å². The quantitative estimate of drug-likeness (QED) is 0.776. The normalized spacial score (nSPS) is 17.9. The topological polar surface area (TPSA) is 38.0 Å². The lowest BCUT2D eigenvalue weighted by atomic mass is 9.74. The van der Waals surface area contributed by atoms with E-state index in [1.165, 1.54) is 6.07 Å². The molecule has 0 radical (unpaired) electrons. The third-order valence-corrected chi connectivity index (χ3v) is 3.48. The van der Waals surface area contributed by atoms with E-state index in [1.54, 1.807) is 0 Å². The van der Waals surface area contributed by atoms with Crippen LogP contribution in [-0.2, 0) is 0 Å². The van der Waals surface area contributed by atoms with E-state index in [9.17, 15) is 8.78 Å². The van der Waals surface area contributed by atoms with Crippen molar-refractivity contribution in [3.8, 4) is 0 Å². The maximum absolute atomic E-state index is 13.2. The molecule has 1 aliphatic rings. The zero-order chi connectivity index (χ0) is 11.8. The summed E-state index contributed by atoms with van der Waals surface area (Å²) in [5.74, 6) is -1.30. The number of halogens is 2. The molecule has 1 aliphatic carbocycles. The van der Waals surface area contributed by atoms with Crippen LogP contribution >= 0.6 is 0 Å². The van der Waals surface area contributed by atoms with Crippen LogP contribution in [0.25, 0.3) is 0 Å². The molecule has 2 nitrogen and oxygen atoms in total. The van der Waals surface area contributed by atoms with Crippen molar-refractivity contribution in [1.82, 2.24) is 0 Å². The third-order valence-electron chi connectivity index (χ3n) is 3.48. The van der Waals surface area contributed by atoms with Crippen LogP contribution in [-0.4, -0.2) is 5.54 Å². The van der Waals surface area contributed by atoms with E-state index in [1.807, 2.05) is 0 Å². The van der Waals surface area contributed by atoms with Crippen LogP contribution in [0.4, 0.5) is 20.2 Å². The molecular formula is C12H16F2N2. The monoisotopic (exact) mass is 226 g/mol. The highest BCUT2D eigenvalue weighted by Crippen LogP contribution is 2.39. The minimum atomic E-state index is -0.701. The first-order valence-corrected chi connectivity index (χ1v) is 5.59. The first-order valence-electron chi connectivity index (χ1n) is 5.59. The lowest BCUT2D eigenvalue weighted by Crippen LogP contribution is -2.44.